The molecule has 0 aliphatic rings. The highest BCUT2D eigenvalue weighted by atomic mass is 79.9. The van der Waals surface area contributed by atoms with Crippen LogP contribution in [0.4, 0.5) is 0 Å². The van der Waals surface area contributed by atoms with Gasteiger partial charge in [0.1, 0.15) is 0 Å². The smallest absolute Gasteiger partial charge is 0.0960 e. The molecule has 1 aromatic heterocycles. The topological polar surface area (TPSA) is 0 Å². The number of aryl methyl sites for hydroxylation is 1. The van der Waals surface area contributed by atoms with E-state index in [1.807, 2.05) is 25.1 Å². The molecule has 1 heterocycles. The molecule has 96 valence electrons. The Morgan fingerprint density at radius 2 is 1.89 bits per heavy atom. The van der Waals surface area contributed by atoms with Crippen molar-refractivity contribution in [2.75, 3.05) is 0 Å². The number of halogens is 4. The Balaban J connectivity index is 2.15. The highest BCUT2D eigenvalue weighted by Gasteiger charge is 2.13. The van der Waals surface area contributed by atoms with Crippen LogP contribution in [0.2, 0.25) is 14.4 Å². The molecule has 0 spiro atoms. The zero-order valence-corrected chi connectivity index (χ0v) is 14.2. The predicted molar refractivity (Wildman–Crippen MR) is 85.9 cm³/mol. The lowest BCUT2D eigenvalue weighted by Crippen LogP contribution is -1.93. The molecular formula is C13H10BrCl3S. The van der Waals surface area contributed by atoms with E-state index in [4.69, 9.17) is 34.8 Å². The second kappa shape index (κ2) is 6.15. The maximum Gasteiger partial charge on any atom is 0.0960 e. The highest BCUT2D eigenvalue weighted by molar-refractivity contribution is 9.09. The van der Waals surface area contributed by atoms with Gasteiger partial charge in [-0.3, -0.25) is 0 Å². The van der Waals surface area contributed by atoms with Gasteiger partial charge in [-0.25, -0.2) is 0 Å². The molecule has 2 aromatic rings. The van der Waals surface area contributed by atoms with Crippen LogP contribution in [0.3, 0.4) is 0 Å². The van der Waals surface area contributed by atoms with Gasteiger partial charge in [0.25, 0.3) is 0 Å². The van der Waals surface area contributed by atoms with Crippen LogP contribution in [0.5, 0.6) is 0 Å². The maximum absolute atomic E-state index is 6.08. The minimum Gasteiger partial charge on any atom is -0.127 e. The molecule has 1 aromatic carbocycles. The Labute approximate surface area is 134 Å². The minimum atomic E-state index is 0.242. The number of hydrogen-bond acceptors (Lipinski definition) is 1. The zero-order valence-electron chi connectivity index (χ0n) is 9.51. The minimum absolute atomic E-state index is 0.242. The van der Waals surface area contributed by atoms with Crippen molar-refractivity contribution in [2.45, 2.75) is 18.2 Å². The molecule has 0 amide bonds. The van der Waals surface area contributed by atoms with E-state index < -0.39 is 0 Å². The first-order valence-electron chi connectivity index (χ1n) is 5.31. The van der Waals surface area contributed by atoms with Crippen LogP contribution < -0.4 is 0 Å². The molecule has 0 nitrogen and oxygen atoms in total. The fraction of sp³-hybridized carbons (Fsp3) is 0.231. The van der Waals surface area contributed by atoms with Gasteiger partial charge in [0, 0.05) is 4.88 Å². The first-order chi connectivity index (χ1) is 8.47. The van der Waals surface area contributed by atoms with E-state index in [0.29, 0.717) is 10.0 Å². The maximum atomic E-state index is 6.08. The molecule has 2 rings (SSSR count). The van der Waals surface area contributed by atoms with Crippen molar-refractivity contribution in [2.24, 2.45) is 0 Å². The number of benzene rings is 1. The number of rotatable bonds is 3. The van der Waals surface area contributed by atoms with Gasteiger partial charge in [-0.2, -0.15) is 0 Å². The second-order valence-electron chi connectivity index (χ2n) is 4.03. The number of alkyl halides is 1. The van der Waals surface area contributed by atoms with Gasteiger partial charge in [0.15, 0.2) is 0 Å². The lowest BCUT2D eigenvalue weighted by atomic mass is 10.1. The van der Waals surface area contributed by atoms with Crippen molar-refractivity contribution in [1.82, 2.24) is 0 Å². The Morgan fingerprint density at radius 1 is 1.17 bits per heavy atom. The average molecular weight is 385 g/mol. The third kappa shape index (κ3) is 3.43. The quantitative estimate of drug-likeness (QED) is 0.517. The monoisotopic (exact) mass is 382 g/mol. The summed E-state index contributed by atoms with van der Waals surface area (Å²) in [4.78, 5) is 1.47. The van der Waals surface area contributed by atoms with Crippen LogP contribution in [0.1, 0.15) is 20.8 Å². The van der Waals surface area contributed by atoms with E-state index in [9.17, 15) is 0 Å². The largest absolute Gasteiger partial charge is 0.127 e. The average Bonchev–Trinajstić information content (AvgIpc) is 2.65. The molecule has 0 aliphatic carbocycles. The summed E-state index contributed by atoms with van der Waals surface area (Å²) in [6.07, 6.45) is 0.854. The van der Waals surface area contributed by atoms with E-state index in [2.05, 4.69) is 22.0 Å². The summed E-state index contributed by atoms with van der Waals surface area (Å²) in [5, 5.41) is 1.18. The van der Waals surface area contributed by atoms with Crippen molar-refractivity contribution in [1.29, 1.82) is 0 Å². The number of hydrogen-bond donors (Lipinski definition) is 0. The third-order valence-electron chi connectivity index (χ3n) is 2.58. The SMILES string of the molecule is Cc1cc(C(Br)Cc2ccc(Cl)c(Cl)c2)sc1Cl. The fourth-order valence-electron chi connectivity index (χ4n) is 1.61. The molecule has 5 heteroatoms. The van der Waals surface area contributed by atoms with Gasteiger partial charge in [0.05, 0.1) is 19.2 Å². The molecule has 0 N–H and O–H groups in total. The lowest BCUT2D eigenvalue weighted by molar-refractivity contribution is 0.969. The van der Waals surface area contributed by atoms with Crippen molar-refractivity contribution in [3.63, 3.8) is 0 Å². The van der Waals surface area contributed by atoms with Gasteiger partial charge in [0.2, 0.25) is 0 Å². The van der Waals surface area contributed by atoms with Gasteiger partial charge in [-0.05, 0) is 42.7 Å². The summed E-state index contributed by atoms with van der Waals surface area (Å²) in [7, 11) is 0. The van der Waals surface area contributed by atoms with E-state index in [1.165, 1.54) is 4.88 Å². The van der Waals surface area contributed by atoms with E-state index in [-0.39, 0.29) is 4.83 Å². The summed E-state index contributed by atoms with van der Waals surface area (Å²) in [5.41, 5.74) is 2.27. The van der Waals surface area contributed by atoms with Crippen LogP contribution in [0.25, 0.3) is 0 Å². The molecule has 0 radical (unpaired) electrons. The summed E-state index contributed by atoms with van der Waals surface area (Å²) in [5.74, 6) is 0. The van der Waals surface area contributed by atoms with Crippen LogP contribution in [-0.4, -0.2) is 0 Å². The summed E-state index contributed by atoms with van der Waals surface area (Å²) in [6, 6.07) is 7.83. The first kappa shape index (κ1) is 14.7. The van der Waals surface area contributed by atoms with Gasteiger partial charge < -0.3 is 0 Å². The second-order valence-corrected chi connectivity index (χ2v) is 7.63. The van der Waals surface area contributed by atoms with Gasteiger partial charge in [-0.15, -0.1) is 11.3 Å². The standard InChI is InChI=1S/C13H10BrCl3S/c1-7-4-12(18-13(7)17)9(14)5-8-2-3-10(15)11(16)6-8/h2-4,6,9H,5H2,1H3. The predicted octanol–water partition coefficient (Wildman–Crippen LogP) is 6.70. The molecule has 1 atom stereocenters. The molecule has 0 saturated carbocycles. The van der Waals surface area contributed by atoms with E-state index in [1.54, 1.807) is 11.3 Å². The molecular weight excluding hydrogens is 374 g/mol. The molecule has 0 aliphatic heterocycles. The highest BCUT2D eigenvalue weighted by Crippen LogP contribution is 2.37. The number of thiophene rings is 1. The van der Waals surface area contributed by atoms with Crippen LogP contribution in [-0.2, 0) is 6.42 Å². The molecule has 0 fully saturated rings. The summed E-state index contributed by atoms with van der Waals surface area (Å²) in [6.45, 7) is 2.02. The van der Waals surface area contributed by atoms with Crippen molar-refractivity contribution in [3.8, 4) is 0 Å². The van der Waals surface area contributed by atoms with Crippen molar-refractivity contribution >= 4 is 62.1 Å². The molecule has 0 saturated heterocycles. The summed E-state index contributed by atoms with van der Waals surface area (Å²) >= 11 is 23.3. The van der Waals surface area contributed by atoms with Crippen LogP contribution in [0, 0.1) is 6.92 Å². The Bertz CT molecular complexity index is 546. The molecule has 1 unspecified atom stereocenters. The first-order valence-corrected chi connectivity index (χ1v) is 8.18. The van der Waals surface area contributed by atoms with Crippen molar-refractivity contribution in [3.05, 3.63) is 54.7 Å². The molecule has 0 bridgehead atoms. The Hall–Kier alpha value is 0.270. The normalized spacial score (nSPS) is 12.7. The fourth-order valence-corrected chi connectivity index (χ4v) is 3.91. The van der Waals surface area contributed by atoms with Gasteiger partial charge in [-0.1, -0.05) is 56.8 Å². The lowest BCUT2D eigenvalue weighted by Gasteiger charge is -2.08. The Kier molecular flexibility index (Phi) is 5.01. The van der Waals surface area contributed by atoms with E-state index >= 15 is 0 Å². The van der Waals surface area contributed by atoms with Crippen molar-refractivity contribution < 1.29 is 0 Å². The Morgan fingerprint density at radius 3 is 2.44 bits per heavy atom. The molecule has 18 heavy (non-hydrogen) atoms. The third-order valence-corrected chi connectivity index (χ3v) is 6.11. The summed E-state index contributed by atoms with van der Waals surface area (Å²) < 4.78 is 0.851. The van der Waals surface area contributed by atoms with Crippen LogP contribution >= 0.6 is 62.1 Å². The zero-order chi connectivity index (χ0) is 13.3. The van der Waals surface area contributed by atoms with Gasteiger partial charge >= 0.3 is 0 Å². The van der Waals surface area contributed by atoms with Crippen LogP contribution in [0.15, 0.2) is 24.3 Å². The van der Waals surface area contributed by atoms with E-state index in [0.717, 1.165) is 21.9 Å².